The van der Waals surface area contributed by atoms with Gasteiger partial charge in [-0.15, -0.1) is 0 Å². The van der Waals surface area contributed by atoms with Gasteiger partial charge in [0, 0.05) is 19.3 Å². The lowest BCUT2D eigenvalue weighted by molar-refractivity contribution is -0.141. The zero-order chi connectivity index (χ0) is 12.7. The van der Waals surface area contributed by atoms with Crippen molar-refractivity contribution in [2.24, 2.45) is 0 Å². The van der Waals surface area contributed by atoms with Gasteiger partial charge < -0.3 is 4.74 Å². The summed E-state index contributed by atoms with van der Waals surface area (Å²) in [6, 6.07) is 3.71. The third kappa shape index (κ3) is 5.15. The van der Waals surface area contributed by atoms with Crippen molar-refractivity contribution in [3.8, 4) is 0 Å². The van der Waals surface area contributed by atoms with Crippen molar-refractivity contribution >= 4 is 17.6 Å². The highest BCUT2D eigenvalue weighted by Gasteiger charge is 2.07. The van der Waals surface area contributed by atoms with Crippen molar-refractivity contribution in [1.29, 1.82) is 0 Å². The molecule has 1 aromatic rings. The van der Waals surface area contributed by atoms with Crippen molar-refractivity contribution in [3.05, 3.63) is 29.0 Å². The van der Waals surface area contributed by atoms with Gasteiger partial charge in [0.05, 0.1) is 13.5 Å². The lowest BCUT2D eigenvalue weighted by atomic mass is 10.2. The molecule has 0 aromatic carbocycles. The molecule has 1 rings (SSSR count). The summed E-state index contributed by atoms with van der Waals surface area (Å²) in [5, 5.41) is 0.492. The molecule has 0 atom stereocenters. The number of aromatic nitrogens is 1. The zero-order valence-electron chi connectivity index (χ0n) is 10.1. The monoisotopic (exact) mass is 256 g/mol. The molecule has 0 spiro atoms. The van der Waals surface area contributed by atoms with Crippen LogP contribution in [-0.2, 0) is 16.1 Å². The number of halogens is 1. The second-order valence-electron chi connectivity index (χ2n) is 3.68. The first-order chi connectivity index (χ1) is 8.15. The molecule has 94 valence electrons. The maximum atomic E-state index is 11.1. The Kier molecular flexibility index (Phi) is 5.94. The number of carbonyl (C=O) groups is 1. The maximum absolute atomic E-state index is 11.1. The molecule has 1 aromatic heterocycles. The maximum Gasteiger partial charge on any atom is 0.306 e. The molecule has 0 fully saturated rings. The summed E-state index contributed by atoms with van der Waals surface area (Å²) in [5.41, 5.74) is 1.08. The van der Waals surface area contributed by atoms with Gasteiger partial charge in [0.2, 0.25) is 0 Å². The van der Waals surface area contributed by atoms with Crippen molar-refractivity contribution < 1.29 is 9.53 Å². The van der Waals surface area contributed by atoms with Crippen LogP contribution in [-0.4, -0.2) is 36.1 Å². The number of hydrogen-bond donors (Lipinski definition) is 0. The van der Waals surface area contributed by atoms with E-state index in [1.165, 1.54) is 7.11 Å². The zero-order valence-corrected chi connectivity index (χ0v) is 10.9. The molecule has 1 heterocycles. The summed E-state index contributed by atoms with van der Waals surface area (Å²) in [7, 11) is 1.40. The minimum absolute atomic E-state index is 0.183. The van der Waals surface area contributed by atoms with Gasteiger partial charge >= 0.3 is 5.97 Å². The quantitative estimate of drug-likeness (QED) is 0.578. The fourth-order valence-corrected chi connectivity index (χ4v) is 1.57. The Labute approximate surface area is 107 Å². The van der Waals surface area contributed by atoms with E-state index in [1.54, 1.807) is 12.3 Å². The van der Waals surface area contributed by atoms with Crippen LogP contribution in [0.15, 0.2) is 18.3 Å². The van der Waals surface area contributed by atoms with Crippen LogP contribution in [0.2, 0.25) is 5.15 Å². The summed E-state index contributed by atoms with van der Waals surface area (Å²) in [6.07, 6.45) is 2.16. The van der Waals surface area contributed by atoms with Crippen LogP contribution in [0, 0.1) is 0 Å². The van der Waals surface area contributed by atoms with Crippen molar-refractivity contribution in [3.63, 3.8) is 0 Å². The van der Waals surface area contributed by atoms with E-state index < -0.39 is 0 Å². The Balaban J connectivity index is 2.46. The second-order valence-corrected chi connectivity index (χ2v) is 4.07. The molecule has 0 aliphatic carbocycles. The van der Waals surface area contributed by atoms with Crippen LogP contribution in [0.25, 0.3) is 0 Å². The van der Waals surface area contributed by atoms with Crippen LogP contribution < -0.4 is 0 Å². The summed E-state index contributed by atoms with van der Waals surface area (Å²) >= 11 is 5.72. The number of hydrogen-bond acceptors (Lipinski definition) is 4. The molecule has 0 radical (unpaired) electrons. The fourth-order valence-electron chi connectivity index (χ4n) is 1.46. The number of ether oxygens (including phenoxy) is 1. The predicted octanol–water partition coefficient (Wildman–Crippen LogP) is 2.12. The number of nitrogens with zero attached hydrogens (tertiary/aromatic N) is 2. The minimum atomic E-state index is -0.183. The Bertz CT molecular complexity index is 354. The van der Waals surface area contributed by atoms with Gasteiger partial charge in [-0.3, -0.25) is 9.69 Å². The van der Waals surface area contributed by atoms with Crippen LogP contribution in [0.5, 0.6) is 0 Å². The molecule has 0 unspecified atom stereocenters. The molecule has 0 saturated heterocycles. The van der Waals surface area contributed by atoms with Crippen LogP contribution in [0.4, 0.5) is 0 Å². The van der Waals surface area contributed by atoms with Crippen molar-refractivity contribution in [1.82, 2.24) is 9.88 Å². The van der Waals surface area contributed by atoms with Crippen molar-refractivity contribution in [2.75, 3.05) is 20.2 Å². The topological polar surface area (TPSA) is 42.4 Å². The van der Waals surface area contributed by atoms with E-state index in [0.29, 0.717) is 18.1 Å². The Hall–Kier alpha value is -1.13. The average molecular weight is 257 g/mol. The Morgan fingerprint density at radius 3 is 2.82 bits per heavy atom. The van der Waals surface area contributed by atoms with Gasteiger partial charge in [0.25, 0.3) is 0 Å². The fraction of sp³-hybridized carbons (Fsp3) is 0.500. The lowest BCUT2D eigenvalue weighted by Crippen LogP contribution is -2.26. The average Bonchev–Trinajstić information content (AvgIpc) is 2.36. The standard InChI is InChI=1S/C12H17ClN2O2/c1-3-15(7-6-12(16)17-2)9-10-4-5-11(13)14-8-10/h4-5,8H,3,6-7,9H2,1-2H3. The van der Waals surface area contributed by atoms with Gasteiger partial charge in [-0.25, -0.2) is 4.98 Å². The SMILES string of the molecule is CCN(CCC(=O)OC)Cc1ccc(Cl)nc1. The molecule has 0 saturated carbocycles. The third-order valence-electron chi connectivity index (χ3n) is 2.50. The smallest absolute Gasteiger partial charge is 0.306 e. The van der Waals surface area contributed by atoms with Crippen molar-refractivity contribution in [2.45, 2.75) is 19.9 Å². The van der Waals surface area contributed by atoms with Gasteiger partial charge in [-0.1, -0.05) is 24.6 Å². The predicted molar refractivity (Wildman–Crippen MR) is 66.8 cm³/mol. The number of carbonyl (C=O) groups excluding carboxylic acids is 1. The van der Waals surface area contributed by atoms with E-state index >= 15 is 0 Å². The first kappa shape index (κ1) is 13.9. The molecule has 0 bridgehead atoms. The normalized spacial score (nSPS) is 10.6. The Morgan fingerprint density at radius 1 is 1.53 bits per heavy atom. The van der Waals surface area contributed by atoms with E-state index in [9.17, 15) is 4.79 Å². The highest BCUT2D eigenvalue weighted by molar-refractivity contribution is 6.29. The highest BCUT2D eigenvalue weighted by Crippen LogP contribution is 2.08. The summed E-state index contributed by atoms with van der Waals surface area (Å²) in [5.74, 6) is -0.183. The molecule has 5 heteroatoms. The third-order valence-corrected chi connectivity index (χ3v) is 2.73. The van der Waals surface area contributed by atoms with E-state index in [4.69, 9.17) is 11.6 Å². The molecule has 0 aliphatic rings. The summed E-state index contributed by atoms with van der Waals surface area (Å²) in [4.78, 5) is 17.2. The first-order valence-electron chi connectivity index (χ1n) is 5.55. The summed E-state index contributed by atoms with van der Waals surface area (Å²) in [6.45, 7) is 4.38. The second kappa shape index (κ2) is 7.25. The largest absolute Gasteiger partial charge is 0.469 e. The molecular formula is C12H17ClN2O2. The van der Waals surface area contributed by atoms with Crippen LogP contribution in [0.3, 0.4) is 0 Å². The summed E-state index contributed by atoms with van der Waals surface area (Å²) < 4.78 is 4.62. The van der Waals surface area contributed by atoms with Gasteiger partial charge in [0.15, 0.2) is 0 Å². The molecule has 0 N–H and O–H groups in total. The molecule has 17 heavy (non-hydrogen) atoms. The lowest BCUT2D eigenvalue weighted by Gasteiger charge is -2.19. The van der Waals surface area contributed by atoms with E-state index in [1.807, 2.05) is 6.07 Å². The van der Waals surface area contributed by atoms with Gasteiger partial charge in [-0.2, -0.15) is 0 Å². The number of methoxy groups -OCH3 is 1. The van der Waals surface area contributed by atoms with E-state index in [2.05, 4.69) is 21.5 Å². The number of pyridine rings is 1. The minimum Gasteiger partial charge on any atom is -0.469 e. The van der Waals surface area contributed by atoms with Gasteiger partial charge in [-0.05, 0) is 18.2 Å². The highest BCUT2D eigenvalue weighted by atomic mass is 35.5. The van der Waals surface area contributed by atoms with Gasteiger partial charge in [0.1, 0.15) is 5.15 Å². The molecular weight excluding hydrogens is 240 g/mol. The van der Waals surface area contributed by atoms with E-state index in [0.717, 1.165) is 18.7 Å². The first-order valence-corrected chi connectivity index (χ1v) is 5.93. The van der Waals surface area contributed by atoms with Crippen LogP contribution in [0.1, 0.15) is 18.9 Å². The Morgan fingerprint density at radius 2 is 2.29 bits per heavy atom. The number of rotatable bonds is 6. The molecule has 0 aliphatic heterocycles. The molecule has 4 nitrogen and oxygen atoms in total. The van der Waals surface area contributed by atoms with E-state index in [-0.39, 0.29) is 5.97 Å². The van der Waals surface area contributed by atoms with Crippen LogP contribution >= 0.6 is 11.6 Å². The number of esters is 1. The molecule has 0 amide bonds.